The van der Waals surface area contributed by atoms with Crippen LogP contribution < -0.4 is 34.7 Å². The molecule has 1 rings (SSSR count). The Morgan fingerprint density at radius 2 is 2.20 bits per heavy atom. The molecule has 0 bridgehead atoms. The molecule has 0 fully saturated rings. The number of hydrogen-bond acceptors (Lipinski definition) is 6. The number of aliphatic imine (C=N–C) groups is 1. The van der Waals surface area contributed by atoms with Gasteiger partial charge in [0.2, 0.25) is 0 Å². The van der Waals surface area contributed by atoms with Crippen molar-refractivity contribution in [1.82, 2.24) is 4.90 Å². The van der Waals surface area contributed by atoms with Gasteiger partial charge in [-0.2, -0.15) is 10.5 Å². The molecule has 72 valence electrons. The van der Waals surface area contributed by atoms with Gasteiger partial charge >= 0.3 is 29.6 Å². The number of carboxylic acids is 1. The summed E-state index contributed by atoms with van der Waals surface area (Å²) < 4.78 is 0. The molecule has 0 N–H and O–H groups in total. The van der Waals surface area contributed by atoms with E-state index in [2.05, 4.69) is 4.99 Å². The van der Waals surface area contributed by atoms with E-state index < -0.39 is 24.6 Å². The zero-order valence-electron chi connectivity index (χ0n) is 8.47. The van der Waals surface area contributed by atoms with E-state index in [0.717, 1.165) is 0 Å². The zero-order valence-corrected chi connectivity index (χ0v) is 10.5. The van der Waals surface area contributed by atoms with Crippen molar-refractivity contribution in [3.8, 4) is 12.1 Å². The summed E-state index contributed by atoms with van der Waals surface area (Å²) in [5.41, 5.74) is 0. The van der Waals surface area contributed by atoms with Crippen LogP contribution in [0.4, 0.5) is 0 Å². The van der Waals surface area contributed by atoms with Crippen LogP contribution >= 0.6 is 0 Å². The van der Waals surface area contributed by atoms with Crippen LogP contribution in [0.25, 0.3) is 0 Å². The smallest absolute Gasteiger partial charge is 0.548 e. The molecule has 0 aromatic carbocycles. The molecule has 6 nitrogen and oxygen atoms in total. The van der Waals surface area contributed by atoms with Gasteiger partial charge in [-0.25, -0.2) is 0 Å². The molecule has 2 atom stereocenters. The van der Waals surface area contributed by atoms with Crippen LogP contribution in [0, 0.1) is 22.7 Å². The fraction of sp³-hybridized carbons (Fsp3) is 0.500. The predicted octanol–water partition coefficient (Wildman–Crippen LogP) is -4.74. The first kappa shape index (κ1) is 13.9. The summed E-state index contributed by atoms with van der Waals surface area (Å²) in [4.78, 5) is 15.5. The number of carboxylic acid groups (broad SMARTS) is 1. The molecule has 0 spiro atoms. The Kier molecular flexibility index (Phi) is 5.31. The van der Waals surface area contributed by atoms with E-state index in [0.29, 0.717) is 5.84 Å². The molecule has 2 unspecified atom stereocenters. The molecule has 1 aliphatic rings. The maximum atomic E-state index is 10.4. The van der Waals surface area contributed by atoms with Gasteiger partial charge in [-0.1, -0.05) is 0 Å². The molecule has 7 heteroatoms. The minimum absolute atomic E-state index is 0. The number of nitrogens with zero attached hydrogens (tertiary/aromatic N) is 4. The molecular formula is C8H7N4NaO2. The van der Waals surface area contributed by atoms with Crippen molar-refractivity contribution in [2.75, 3.05) is 6.54 Å². The summed E-state index contributed by atoms with van der Waals surface area (Å²) in [6, 6.07) is 2.05. The number of rotatable bonds is 2. The van der Waals surface area contributed by atoms with Crippen molar-refractivity contribution >= 4 is 11.8 Å². The number of hydrogen-bond donors (Lipinski definition) is 0. The third-order valence-electron chi connectivity index (χ3n) is 1.94. The third kappa shape index (κ3) is 2.93. The number of amidine groups is 1. The first-order chi connectivity index (χ1) is 6.60. The quantitative estimate of drug-likeness (QED) is 0.429. The Balaban J connectivity index is 0.00000196. The number of nitriles is 2. The molecule has 0 saturated heterocycles. The first-order valence-electron chi connectivity index (χ1n) is 3.90. The van der Waals surface area contributed by atoms with Gasteiger partial charge in [-0.05, 0) is 6.92 Å². The predicted molar refractivity (Wildman–Crippen MR) is 43.6 cm³/mol. The minimum Gasteiger partial charge on any atom is -0.548 e. The molecular weight excluding hydrogens is 207 g/mol. The number of aliphatic carboxylic acids is 1. The molecule has 1 heterocycles. The van der Waals surface area contributed by atoms with Crippen LogP contribution in [0.3, 0.4) is 0 Å². The maximum Gasteiger partial charge on any atom is 1.00 e. The summed E-state index contributed by atoms with van der Waals surface area (Å²) >= 11 is 0. The standard InChI is InChI=1S/C8H8N4O2.Na/c1-5-11-6(2-9)7(3-10)12(5)4-8(13)14;/h6-7H,4H2,1H3,(H,13,14);/q;+1/p-1. The van der Waals surface area contributed by atoms with Gasteiger partial charge < -0.3 is 14.8 Å². The Morgan fingerprint density at radius 3 is 2.60 bits per heavy atom. The molecule has 0 aliphatic carbocycles. The third-order valence-corrected chi connectivity index (χ3v) is 1.94. The van der Waals surface area contributed by atoms with Crippen molar-refractivity contribution in [3.63, 3.8) is 0 Å². The van der Waals surface area contributed by atoms with Crippen molar-refractivity contribution in [3.05, 3.63) is 0 Å². The summed E-state index contributed by atoms with van der Waals surface area (Å²) in [6.07, 6.45) is 0. The van der Waals surface area contributed by atoms with Crippen LogP contribution in [-0.2, 0) is 4.79 Å². The van der Waals surface area contributed by atoms with Crippen LogP contribution in [0.1, 0.15) is 6.92 Å². The Morgan fingerprint density at radius 1 is 1.60 bits per heavy atom. The summed E-state index contributed by atoms with van der Waals surface area (Å²) in [7, 11) is 0. The van der Waals surface area contributed by atoms with Crippen LogP contribution in [0.5, 0.6) is 0 Å². The molecule has 0 radical (unpaired) electrons. The Bertz CT molecular complexity index is 368. The van der Waals surface area contributed by atoms with Crippen molar-refractivity contribution in [1.29, 1.82) is 10.5 Å². The van der Waals surface area contributed by atoms with Crippen LogP contribution in [-0.4, -0.2) is 35.3 Å². The van der Waals surface area contributed by atoms with Gasteiger partial charge in [-0.3, -0.25) is 4.99 Å². The van der Waals surface area contributed by atoms with E-state index in [9.17, 15) is 9.90 Å². The van der Waals surface area contributed by atoms with E-state index in [1.807, 2.05) is 12.1 Å². The van der Waals surface area contributed by atoms with Crippen LogP contribution in [0.2, 0.25) is 0 Å². The van der Waals surface area contributed by atoms with Gasteiger partial charge in [-0.15, -0.1) is 0 Å². The Labute approximate surface area is 109 Å². The zero-order chi connectivity index (χ0) is 10.7. The summed E-state index contributed by atoms with van der Waals surface area (Å²) in [5, 5.41) is 27.7. The second kappa shape index (κ2) is 5.72. The second-order valence-corrected chi connectivity index (χ2v) is 2.82. The van der Waals surface area contributed by atoms with Gasteiger partial charge in [0.15, 0.2) is 12.1 Å². The molecule has 15 heavy (non-hydrogen) atoms. The number of carbonyl (C=O) groups is 1. The molecule has 0 aromatic rings. The maximum absolute atomic E-state index is 10.4. The topological polar surface area (TPSA) is 103 Å². The number of carbonyl (C=O) groups excluding carboxylic acids is 1. The average Bonchev–Trinajstić information content (AvgIpc) is 2.42. The monoisotopic (exact) mass is 214 g/mol. The van der Waals surface area contributed by atoms with Crippen LogP contribution in [0.15, 0.2) is 4.99 Å². The van der Waals surface area contributed by atoms with Crippen molar-refractivity contribution in [2.24, 2.45) is 4.99 Å². The second-order valence-electron chi connectivity index (χ2n) is 2.82. The van der Waals surface area contributed by atoms with Crippen molar-refractivity contribution < 1.29 is 39.5 Å². The summed E-state index contributed by atoms with van der Waals surface area (Å²) in [6.45, 7) is 1.15. The average molecular weight is 214 g/mol. The largest absolute Gasteiger partial charge is 1.00 e. The van der Waals surface area contributed by atoms with Gasteiger partial charge in [0.1, 0.15) is 0 Å². The first-order valence-corrected chi connectivity index (χ1v) is 3.90. The molecule has 0 amide bonds. The Hall–Kier alpha value is -1.08. The normalized spacial score (nSPS) is 23.4. The fourth-order valence-corrected chi connectivity index (χ4v) is 1.31. The fourth-order valence-electron chi connectivity index (χ4n) is 1.31. The molecule has 0 aromatic heterocycles. The van der Waals surface area contributed by atoms with E-state index in [1.54, 1.807) is 6.92 Å². The SMILES string of the molecule is CC1=NC(C#N)C(C#N)N1CC(=O)[O-].[Na+]. The van der Waals surface area contributed by atoms with E-state index in [1.165, 1.54) is 4.90 Å². The van der Waals surface area contributed by atoms with E-state index >= 15 is 0 Å². The van der Waals surface area contributed by atoms with Crippen molar-refractivity contribution in [2.45, 2.75) is 19.0 Å². The molecule has 0 saturated carbocycles. The van der Waals surface area contributed by atoms with Gasteiger partial charge in [0, 0.05) is 0 Å². The molecule has 1 aliphatic heterocycles. The van der Waals surface area contributed by atoms with Gasteiger partial charge in [0.25, 0.3) is 0 Å². The van der Waals surface area contributed by atoms with E-state index in [-0.39, 0.29) is 29.6 Å². The van der Waals surface area contributed by atoms with E-state index in [4.69, 9.17) is 10.5 Å². The summed E-state index contributed by atoms with van der Waals surface area (Å²) in [5.74, 6) is -0.911. The minimum atomic E-state index is -1.29. The van der Waals surface area contributed by atoms with Gasteiger partial charge in [0.05, 0.1) is 30.5 Å².